The Kier molecular flexibility index (Phi) is 6.50. The maximum Gasteiger partial charge on any atom is 0.397 e. The zero-order valence-electron chi connectivity index (χ0n) is 8.00. The van der Waals surface area contributed by atoms with E-state index in [1.165, 1.54) is 13.8 Å². The molecule has 0 aliphatic rings. The fourth-order valence-corrected chi connectivity index (χ4v) is 1.68. The lowest BCUT2D eigenvalue weighted by Crippen LogP contribution is -2.22. The van der Waals surface area contributed by atoms with Crippen LogP contribution in [0.15, 0.2) is 0 Å². The molecule has 0 aliphatic heterocycles. The highest BCUT2D eigenvalue weighted by atomic mass is 32.3. The van der Waals surface area contributed by atoms with E-state index < -0.39 is 37.8 Å². The molecule has 0 aromatic rings. The van der Waals surface area contributed by atoms with Crippen LogP contribution in [0.2, 0.25) is 0 Å². The molecule has 0 heterocycles. The molecule has 0 spiro atoms. The molecule has 0 fully saturated rings. The average molecular weight is 249 g/mol. The Hall–Kier alpha value is -0.220. The van der Waals surface area contributed by atoms with Gasteiger partial charge in [-0.25, -0.2) is 12.6 Å². The topological polar surface area (TPSA) is 133 Å². The zero-order chi connectivity index (χ0) is 10.7. The number of rotatable bonds is 5. The summed E-state index contributed by atoms with van der Waals surface area (Å²) in [6, 6.07) is 0. The Morgan fingerprint density at radius 1 is 1.21 bits per heavy atom. The van der Waals surface area contributed by atoms with Crippen molar-refractivity contribution in [3.8, 4) is 0 Å². The molecule has 0 aliphatic carbocycles. The molecule has 0 aromatic carbocycles. The van der Waals surface area contributed by atoms with Gasteiger partial charge in [0.2, 0.25) is 0 Å². The van der Waals surface area contributed by atoms with E-state index in [4.69, 9.17) is 4.55 Å². The molecule has 88 valence electrons. The van der Waals surface area contributed by atoms with Gasteiger partial charge in [0.05, 0.1) is 17.6 Å². The standard InChI is InChI=1S/C5H12O6S2.H3N/c1-5(2)12(6,7)4-3-11-13(8,9)10;/h5H,3-4H2,1-2H3,(H,8,9,10);1H3. The third kappa shape index (κ3) is 7.21. The summed E-state index contributed by atoms with van der Waals surface area (Å²) in [6.45, 7) is 2.39. The maximum atomic E-state index is 11.1. The second-order valence-corrected chi connectivity index (χ2v) is 6.43. The van der Waals surface area contributed by atoms with E-state index >= 15 is 0 Å². The molecule has 0 radical (unpaired) electrons. The fourth-order valence-electron chi connectivity index (χ4n) is 0.491. The van der Waals surface area contributed by atoms with Gasteiger partial charge in [0.15, 0.2) is 9.84 Å². The zero-order valence-corrected chi connectivity index (χ0v) is 9.64. The van der Waals surface area contributed by atoms with Crippen LogP contribution in [0.3, 0.4) is 0 Å². The molecule has 7 nitrogen and oxygen atoms in total. The largest absolute Gasteiger partial charge is 0.397 e. The first kappa shape index (κ1) is 16.2. The van der Waals surface area contributed by atoms with Crippen molar-refractivity contribution in [3.63, 3.8) is 0 Å². The first-order valence-corrected chi connectivity index (χ1v) is 6.56. The van der Waals surface area contributed by atoms with Gasteiger partial charge in [-0.15, -0.1) is 0 Å². The molecule has 0 saturated carbocycles. The average Bonchev–Trinajstić information content (AvgIpc) is 1.82. The van der Waals surface area contributed by atoms with E-state index in [1.54, 1.807) is 0 Å². The first-order valence-electron chi connectivity index (χ1n) is 3.48. The molecule has 0 rings (SSSR count). The van der Waals surface area contributed by atoms with Gasteiger partial charge >= 0.3 is 10.4 Å². The minimum Gasteiger partial charge on any atom is -0.344 e. The molecule has 0 amide bonds. The van der Waals surface area contributed by atoms with Crippen LogP contribution in [-0.2, 0) is 24.4 Å². The maximum absolute atomic E-state index is 11.1. The van der Waals surface area contributed by atoms with Gasteiger partial charge in [-0.05, 0) is 13.8 Å². The molecule has 0 unspecified atom stereocenters. The van der Waals surface area contributed by atoms with E-state index in [2.05, 4.69) is 4.18 Å². The Bertz CT molecular complexity index is 342. The fraction of sp³-hybridized carbons (Fsp3) is 1.00. The highest BCUT2D eigenvalue weighted by molar-refractivity contribution is 7.92. The van der Waals surface area contributed by atoms with Crippen molar-refractivity contribution >= 4 is 20.2 Å². The number of hydrogen-bond donors (Lipinski definition) is 2. The van der Waals surface area contributed by atoms with Crippen molar-refractivity contribution in [2.45, 2.75) is 19.1 Å². The third-order valence-electron chi connectivity index (χ3n) is 1.32. The summed E-state index contributed by atoms with van der Waals surface area (Å²) in [5.74, 6) is -0.426. The van der Waals surface area contributed by atoms with Crippen molar-refractivity contribution in [2.75, 3.05) is 12.4 Å². The van der Waals surface area contributed by atoms with Crippen LogP contribution in [0.1, 0.15) is 13.8 Å². The van der Waals surface area contributed by atoms with Crippen molar-refractivity contribution in [1.29, 1.82) is 0 Å². The number of sulfone groups is 1. The molecule has 0 saturated heterocycles. The summed E-state index contributed by atoms with van der Waals surface area (Å²) in [5, 5.41) is -0.586. The van der Waals surface area contributed by atoms with Crippen molar-refractivity contribution < 1.29 is 25.6 Å². The summed E-state index contributed by atoms with van der Waals surface area (Å²) in [6.07, 6.45) is 0. The molecule has 0 aromatic heterocycles. The summed E-state index contributed by atoms with van der Waals surface area (Å²) >= 11 is 0. The lowest BCUT2D eigenvalue weighted by atomic mass is 10.6. The molecule has 0 atom stereocenters. The van der Waals surface area contributed by atoms with Gasteiger partial charge < -0.3 is 6.15 Å². The SMILES string of the molecule is CC(C)S(=O)(=O)CCOS(=O)(=O)O.N. The quantitative estimate of drug-likeness (QED) is 0.644. The van der Waals surface area contributed by atoms with Crippen LogP contribution in [0, 0.1) is 0 Å². The molecule has 9 heteroatoms. The van der Waals surface area contributed by atoms with E-state index in [1.807, 2.05) is 0 Å². The molecule has 14 heavy (non-hydrogen) atoms. The second kappa shape index (κ2) is 5.61. The lowest BCUT2D eigenvalue weighted by Gasteiger charge is -2.05. The van der Waals surface area contributed by atoms with Crippen molar-refractivity contribution in [1.82, 2.24) is 6.15 Å². The predicted molar refractivity (Wildman–Crippen MR) is 51.4 cm³/mol. The normalized spacial score (nSPS) is 12.6. The Morgan fingerprint density at radius 3 is 1.93 bits per heavy atom. The van der Waals surface area contributed by atoms with E-state index in [-0.39, 0.29) is 6.15 Å². The van der Waals surface area contributed by atoms with Gasteiger partial charge in [0.25, 0.3) is 0 Å². The highest BCUT2D eigenvalue weighted by Crippen LogP contribution is 2.00. The van der Waals surface area contributed by atoms with E-state index in [9.17, 15) is 16.8 Å². The molecule has 4 N–H and O–H groups in total. The van der Waals surface area contributed by atoms with Crippen molar-refractivity contribution in [2.24, 2.45) is 0 Å². The summed E-state index contributed by atoms with van der Waals surface area (Å²) < 4.78 is 54.1. The third-order valence-corrected chi connectivity index (χ3v) is 3.96. The second-order valence-electron chi connectivity index (χ2n) is 2.67. The van der Waals surface area contributed by atoms with Crippen LogP contribution in [0.25, 0.3) is 0 Å². The smallest absolute Gasteiger partial charge is 0.344 e. The summed E-state index contributed by atoms with van der Waals surface area (Å²) in [7, 11) is -7.86. The lowest BCUT2D eigenvalue weighted by molar-refractivity contribution is 0.283. The number of hydrogen-bond acceptors (Lipinski definition) is 6. The molecular formula is C5H15NO6S2. The minimum atomic E-state index is -4.54. The van der Waals surface area contributed by atoms with Gasteiger partial charge in [-0.3, -0.25) is 4.55 Å². The van der Waals surface area contributed by atoms with Crippen LogP contribution in [0.5, 0.6) is 0 Å². The first-order chi connectivity index (χ1) is 5.65. The van der Waals surface area contributed by atoms with E-state index in [0.717, 1.165) is 0 Å². The Morgan fingerprint density at radius 2 is 1.64 bits per heavy atom. The van der Waals surface area contributed by atoms with Crippen LogP contribution < -0.4 is 6.15 Å². The predicted octanol–water partition coefficient (Wildman–Crippen LogP) is -0.209. The van der Waals surface area contributed by atoms with E-state index in [0.29, 0.717) is 0 Å². The van der Waals surface area contributed by atoms with Gasteiger partial charge in [-0.1, -0.05) is 0 Å². The monoisotopic (exact) mass is 249 g/mol. The highest BCUT2D eigenvalue weighted by Gasteiger charge is 2.17. The molecular weight excluding hydrogens is 234 g/mol. The van der Waals surface area contributed by atoms with Gasteiger partial charge in [0, 0.05) is 0 Å². The van der Waals surface area contributed by atoms with Crippen LogP contribution >= 0.6 is 0 Å². The minimum absolute atomic E-state index is 0. The summed E-state index contributed by atoms with van der Waals surface area (Å²) in [5.41, 5.74) is 0. The Labute approximate surface area is 83.9 Å². The Balaban J connectivity index is 0. The van der Waals surface area contributed by atoms with Gasteiger partial charge in [-0.2, -0.15) is 8.42 Å². The van der Waals surface area contributed by atoms with Crippen LogP contribution in [0.4, 0.5) is 0 Å². The molecule has 0 bridgehead atoms. The summed E-state index contributed by atoms with van der Waals surface area (Å²) in [4.78, 5) is 0. The van der Waals surface area contributed by atoms with Crippen LogP contribution in [-0.4, -0.2) is 39.0 Å². The van der Waals surface area contributed by atoms with Crippen molar-refractivity contribution in [3.05, 3.63) is 0 Å². The van der Waals surface area contributed by atoms with Gasteiger partial charge in [0.1, 0.15) is 0 Å².